The molecular weight excluding hydrogens is 351 g/mol. The van der Waals surface area contributed by atoms with Crippen LogP contribution in [0.3, 0.4) is 0 Å². The number of carbonyl (C=O) groups excluding carboxylic acids is 2. The molecule has 1 N–H and O–H groups in total. The Morgan fingerprint density at radius 3 is 2.59 bits per heavy atom. The first-order chi connectivity index (χ1) is 13.0. The summed E-state index contributed by atoms with van der Waals surface area (Å²) in [4.78, 5) is 24.5. The first-order valence-corrected chi connectivity index (χ1v) is 8.42. The number of nitrogens with zero attached hydrogens (tertiary/aromatic N) is 1. The van der Waals surface area contributed by atoms with Gasteiger partial charge in [0.15, 0.2) is 11.5 Å². The standard InChI is InChI=1S/C20H19FN2O4/c1-3-26-18-11-13(10-16-19(24)23(2)20(25)22-16)7-8-17(18)27-12-14-5-4-6-15(21)9-14/h4-11H,3,12H2,1-2H3,(H,22,25)/b16-10+. The van der Waals surface area contributed by atoms with Gasteiger partial charge in [-0.2, -0.15) is 0 Å². The molecule has 7 heteroatoms. The molecule has 1 aliphatic rings. The topological polar surface area (TPSA) is 67.9 Å². The Kier molecular flexibility index (Phi) is 5.40. The molecule has 0 aliphatic carbocycles. The van der Waals surface area contributed by atoms with Crippen LogP contribution in [0.15, 0.2) is 48.2 Å². The van der Waals surface area contributed by atoms with Gasteiger partial charge in [0.05, 0.1) is 6.61 Å². The van der Waals surface area contributed by atoms with Crippen LogP contribution in [0.5, 0.6) is 11.5 Å². The number of hydrogen-bond donors (Lipinski definition) is 1. The number of imide groups is 1. The largest absolute Gasteiger partial charge is 0.490 e. The van der Waals surface area contributed by atoms with Gasteiger partial charge in [-0.05, 0) is 48.4 Å². The van der Waals surface area contributed by atoms with Gasteiger partial charge in [-0.25, -0.2) is 9.18 Å². The molecule has 1 fully saturated rings. The Balaban J connectivity index is 1.80. The molecule has 0 radical (unpaired) electrons. The molecule has 3 rings (SSSR count). The summed E-state index contributed by atoms with van der Waals surface area (Å²) in [7, 11) is 1.41. The molecule has 1 heterocycles. The minimum Gasteiger partial charge on any atom is -0.490 e. The van der Waals surface area contributed by atoms with E-state index in [-0.39, 0.29) is 18.1 Å². The van der Waals surface area contributed by atoms with E-state index in [1.165, 1.54) is 19.2 Å². The lowest BCUT2D eigenvalue weighted by atomic mass is 10.1. The van der Waals surface area contributed by atoms with Crippen molar-refractivity contribution in [3.63, 3.8) is 0 Å². The highest BCUT2D eigenvalue weighted by atomic mass is 19.1. The normalized spacial score (nSPS) is 15.2. The average molecular weight is 370 g/mol. The second-order valence-corrected chi connectivity index (χ2v) is 5.91. The van der Waals surface area contributed by atoms with Gasteiger partial charge in [0, 0.05) is 7.05 Å². The van der Waals surface area contributed by atoms with Crippen LogP contribution in [-0.2, 0) is 11.4 Å². The lowest BCUT2D eigenvalue weighted by Gasteiger charge is -2.13. The van der Waals surface area contributed by atoms with Crippen molar-refractivity contribution in [2.24, 2.45) is 0 Å². The zero-order chi connectivity index (χ0) is 19.4. The molecule has 2 aromatic rings. The third kappa shape index (κ3) is 4.25. The van der Waals surface area contributed by atoms with Crippen LogP contribution in [0.1, 0.15) is 18.1 Å². The summed E-state index contributed by atoms with van der Waals surface area (Å²) in [5.74, 6) is 0.274. The second-order valence-electron chi connectivity index (χ2n) is 5.91. The average Bonchev–Trinajstić information content (AvgIpc) is 2.88. The van der Waals surface area contributed by atoms with E-state index < -0.39 is 11.9 Å². The Morgan fingerprint density at radius 1 is 1.11 bits per heavy atom. The van der Waals surface area contributed by atoms with Crippen molar-refractivity contribution in [1.29, 1.82) is 0 Å². The number of ether oxygens (including phenoxy) is 2. The summed E-state index contributed by atoms with van der Waals surface area (Å²) < 4.78 is 24.6. The zero-order valence-corrected chi connectivity index (χ0v) is 15.0. The monoisotopic (exact) mass is 370 g/mol. The van der Waals surface area contributed by atoms with Crippen LogP contribution in [0.25, 0.3) is 6.08 Å². The third-order valence-corrected chi connectivity index (χ3v) is 3.94. The maximum Gasteiger partial charge on any atom is 0.328 e. The van der Waals surface area contributed by atoms with Crippen molar-refractivity contribution in [2.45, 2.75) is 13.5 Å². The highest BCUT2D eigenvalue weighted by Crippen LogP contribution is 2.30. The molecule has 0 atom stereocenters. The maximum absolute atomic E-state index is 13.3. The number of rotatable bonds is 6. The number of urea groups is 1. The molecule has 0 aromatic heterocycles. The maximum atomic E-state index is 13.3. The summed E-state index contributed by atoms with van der Waals surface area (Å²) >= 11 is 0. The highest BCUT2D eigenvalue weighted by molar-refractivity contribution is 6.13. The molecule has 0 spiro atoms. The number of benzene rings is 2. The molecule has 3 amide bonds. The van der Waals surface area contributed by atoms with E-state index in [1.54, 1.807) is 36.4 Å². The Bertz CT molecular complexity index is 911. The lowest BCUT2D eigenvalue weighted by molar-refractivity contribution is -0.121. The fourth-order valence-corrected chi connectivity index (χ4v) is 2.58. The minimum atomic E-state index is -0.466. The molecule has 1 aliphatic heterocycles. The molecule has 140 valence electrons. The highest BCUT2D eigenvalue weighted by Gasteiger charge is 2.29. The smallest absolute Gasteiger partial charge is 0.328 e. The molecule has 0 bridgehead atoms. The predicted molar refractivity (Wildman–Crippen MR) is 97.6 cm³/mol. The zero-order valence-electron chi connectivity index (χ0n) is 15.0. The van der Waals surface area contributed by atoms with Gasteiger partial charge in [-0.3, -0.25) is 9.69 Å². The van der Waals surface area contributed by atoms with Gasteiger partial charge < -0.3 is 14.8 Å². The molecule has 0 saturated carbocycles. The molecule has 2 aromatic carbocycles. The van der Waals surface area contributed by atoms with Crippen molar-refractivity contribution in [3.05, 3.63) is 65.1 Å². The Hall–Kier alpha value is -3.35. The number of amides is 3. The van der Waals surface area contributed by atoms with E-state index in [1.807, 2.05) is 6.92 Å². The van der Waals surface area contributed by atoms with Gasteiger partial charge >= 0.3 is 6.03 Å². The van der Waals surface area contributed by atoms with E-state index in [4.69, 9.17) is 9.47 Å². The minimum absolute atomic E-state index is 0.192. The van der Waals surface area contributed by atoms with E-state index in [0.717, 1.165) is 4.90 Å². The van der Waals surface area contributed by atoms with Crippen LogP contribution >= 0.6 is 0 Å². The van der Waals surface area contributed by atoms with Crippen LogP contribution in [0.2, 0.25) is 0 Å². The van der Waals surface area contributed by atoms with Gasteiger partial charge in [-0.1, -0.05) is 18.2 Å². The van der Waals surface area contributed by atoms with Crippen molar-refractivity contribution in [1.82, 2.24) is 10.2 Å². The van der Waals surface area contributed by atoms with Crippen molar-refractivity contribution < 1.29 is 23.5 Å². The lowest BCUT2D eigenvalue weighted by Crippen LogP contribution is -2.25. The van der Waals surface area contributed by atoms with Crippen molar-refractivity contribution >= 4 is 18.0 Å². The Morgan fingerprint density at radius 2 is 1.93 bits per heavy atom. The summed E-state index contributed by atoms with van der Waals surface area (Å²) in [6, 6.07) is 10.9. The van der Waals surface area contributed by atoms with E-state index >= 15 is 0 Å². The number of hydrogen-bond acceptors (Lipinski definition) is 4. The molecular formula is C20H19FN2O4. The second kappa shape index (κ2) is 7.90. The fourth-order valence-electron chi connectivity index (χ4n) is 2.58. The van der Waals surface area contributed by atoms with Gasteiger partial charge in [-0.15, -0.1) is 0 Å². The predicted octanol–water partition coefficient (Wildman–Crippen LogP) is 3.33. The fraction of sp³-hybridized carbons (Fsp3) is 0.200. The van der Waals surface area contributed by atoms with Crippen LogP contribution in [-0.4, -0.2) is 30.5 Å². The Labute approximate surface area is 156 Å². The summed E-state index contributed by atoms with van der Waals surface area (Å²) in [6.07, 6.45) is 1.57. The van der Waals surface area contributed by atoms with Crippen LogP contribution in [0.4, 0.5) is 9.18 Å². The van der Waals surface area contributed by atoms with Crippen LogP contribution in [0, 0.1) is 5.82 Å². The first-order valence-electron chi connectivity index (χ1n) is 8.42. The number of nitrogens with one attached hydrogen (secondary N) is 1. The summed E-state index contributed by atoms with van der Waals surface area (Å²) in [5, 5.41) is 2.51. The molecule has 27 heavy (non-hydrogen) atoms. The van der Waals surface area contributed by atoms with E-state index in [9.17, 15) is 14.0 Å². The first kappa shape index (κ1) is 18.4. The molecule has 6 nitrogen and oxygen atoms in total. The quantitative estimate of drug-likeness (QED) is 0.626. The SMILES string of the molecule is CCOc1cc(/C=C2/NC(=O)N(C)C2=O)ccc1OCc1cccc(F)c1. The van der Waals surface area contributed by atoms with Gasteiger partial charge in [0.1, 0.15) is 18.1 Å². The summed E-state index contributed by atoms with van der Waals surface area (Å²) in [6.45, 7) is 2.46. The number of halogens is 1. The van der Waals surface area contributed by atoms with E-state index in [2.05, 4.69) is 5.32 Å². The van der Waals surface area contributed by atoms with Crippen molar-refractivity contribution in [2.75, 3.05) is 13.7 Å². The molecule has 0 unspecified atom stereocenters. The van der Waals surface area contributed by atoms with Crippen molar-refractivity contribution in [3.8, 4) is 11.5 Å². The summed E-state index contributed by atoms with van der Waals surface area (Å²) in [5.41, 5.74) is 1.57. The van der Waals surface area contributed by atoms with E-state index in [0.29, 0.717) is 29.2 Å². The number of likely N-dealkylation sites (N-methyl/N-ethyl adjacent to an activating group) is 1. The number of carbonyl (C=O) groups is 2. The van der Waals surface area contributed by atoms with Gasteiger partial charge in [0.25, 0.3) is 5.91 Å². The van der Waals surface area contributed by atoms with Gasteiger partial charge in [0.2, 0.25) is 0 Å². The third-order valence-electron chi connectivity index (χ3n) is 3.94. The van der Waals surface area contributed by atoms with Crippen LogP contribution < -0.4 is 14.8 Å². The molecule has 1 saturated heterocycles.